The highest BCUT2D eigenvalue weighted by Gasteiger charge is 2.18. The molecular formula is C18H23BrN2. The van der Waals surface area contributed by atoms with Crippen LogP contribution < -0.4 is 10.2 Å². The van der Waals surface area contributed by atoms with E-state index >= 15 is 0 Å². The molecule has 2 nitrogen and oxygen atoms in total. The molecule has 0 amide bonds. The van der Waals surface area contributed by atoms with Crippen LogP contribution in [0.25, 0.3) is 10.8 Å². The van der Waals surface area contributed by atoms with E-state index in [1.165, 1.54) is 35.7 Å². The van der Waals surface area contributed by atoms with Crippen LogP contribution in [0.1, 0.15) is 26.2 Å². The number of hydrogen-bond acceptors (Lipinski definition) is 2. The molecule has 3 rings (SSSR count). The molecule has 0 saturated carbocycles. The Labute approximate surface area is 135 Å². The normalized spacial score (nSPS) is 16.6. The zero-order valence-corrected chi connectivity index (χ0v) is 14.2. The quantitative estimate of drug-likeness (QED) is 0.872. The molecule has 0 radical (unpaired) electrons. The molecule has 1 saturated heterocycles. The summed E-state index contributed by atoms with van der Waals surface area (Å²) in [7, 11) is 0. The number of halogens is 1. The van der Waals surface area contributed by atoms with Crippen molar-refractivity contribution in [3.8, 4) is 0 Å². The number of nitrogens with one attached hydrogen (secondary N) is 1. The maximum Gasteiger partial charge on any atom is 0.0372 e. The van der Waals surface area contributed by atoms with Crippen molar-refractivity contribution in [2.75, 3.05) is 24.5 Å². The topological polar surface area (TPSA) is 15.3 Å². The van der Waals surface area contributed by atoms with Gasteiger partial charge in [-0.2, -0.15) is 0 Å². The lowest BCUT2D eigenvalue weighted by Crippen LogP contribution is -2.42. The Morgan fingerprint density at radius 3 is 2.57 bits per heavy atom. The van der Waals surface area contributed by atoms with Gasteiger partial charge in [-0.1, -0.05) is 35.0 Å². The molecule has 0 spiro atoms. The Balaban J connectivity index is 1.69. The van der Waals surface area contributed by atoms with Crippen molar-refractivity contribution < 1.29 is 0 Å². The highest BCUT2D eigenvalue weighted by molar-refractivity contribution is 9.10. The van der Waals surface area contributed by atoms with Gasteiger partial charge in [0.2, 0.25) is 0 Å². The second-order valence-corrected chi connectivity index (χ2v) is 6.81. The fraction of sp³-hybridized carbons (Fsp3) is 0.444. The largest absolute Gasteiger partial charge is 0.371 e. The second-order valence-electron chi connectivity index (χ2n) is 5.89. The van der Waals surface area contributed by atoms with Crippen LogP contribution in [0, 0.1) is 0 Å². The van der Waals surface area contributed by atoms with Crippen molar-refractivity contribution in [1.82, 2.24) is 5.32 Å². The van der Waals surface area contributed by atoms with E-state index in [-0.39, 0.29) is 0 Å². The zero-order chi connectivity index (χ0) is 14.7. The molecule has 1 N–H and O–H groups in total. The molecule has 112 valence electrons. The molecule has 2 aromatic carbocycles. The Morgan fingerprint density at radius 1 is 1.10 bits per heavy atom. The van der Waals surface area contributed by atoms with Crippen LogP contribution in [0.5, 0.6) is 0 Å². The number of benzene rings is 2. The first-order valence-electron chi connectivity index (χ1n) is 7.94. The molecule has 2 aromatic rings. The van der Waals surface area contributed by atoms with Gasteiger partial charge < -0.3 is 10.2 Å². The summed E-state index contributed by atoms with van der Waals surface area (Å²) < 4.78 is 1.14. The first-order chi connectivity index (χ1) is 10.3. The lowest BCUT2D eigenvalue weighted by atomic mass is 10.0. The van der Waals surface area contributed by atoms with Crippen LogP contribution in [-0.4, -0.2) is 25.7 Å². The smallest absolute Gasteiger partial charge is 0.0372 e. The first-order valence-corrected chi connectivity index (χ1v) is 8.73. The maximum atomic E-state index is 3.65. The summed E-state index contributed by atoms with van der Waals surface area (Å²) >= 11 is 3.54. The van der Waals surface area contributed by atoms with Gasteiger partial charge in [0.05, 0.1) is 0 Å². The Morgan fingerprint density at radius 2 is 1.81 bits per heavy atom. The lowest BCUT2D eigenvalue weighted by molar-refractivity contribution is 0.416. The average Bonchev–Trinajstić information content (AvgIpc) is 2.53. The van der Waals surface area contributed by atoms with Crippen LogP contribution >= 0.6 is 15.9 Å². The average molecular weight is 347 g/mol. The van der Waals surface area contributed by atoms with Gasteiger partial charge in [0.25, 0.3) is 0 Å². The fourth-order valence-corrected chi connectivity index (χ4v) is 3.47. The summed E-state index contributed by atoms with van der Waals surface area (Å²) in [4.78, 5) is 2.52. The van der Waals surface area contributed by atoms with Crippen LogP contribution in [-0.2, 0) is 0 Å². The monoisotopic (exact) mass is 346 g/mol. The molecule has 0 aliphatic carbocycles. The highest BCUT2D eigenvalue weighted by Crippen LogP contribution is 2.26. The molecule has 0 atom stereocenters. The van der Waals surface area contributed by atoms with E-state index in [1.54, 1.807) is 0 Å². The maximum absolute atomic E-state index is 3.65. The second kappa shape index (κ2) is 6.80. The van der Waals surface area contributed by atoms with Crippen LogP contribution in [0.4, 0.5) is 5.69 Å². The summed E-state index contributed by atoms with van der Waals surface area (Å²) in [6.45, 7) is 5.69. The van der Waals surface area contributed by atoms with E-state index in [2.05, 4.69) is 69.5 Å². The van der Waals surface area contributed by atoms with Crippen LogP contribution in [0.2, 0.25) is 0 Å². The van der Waals surface area contributed by atoms with Gasteiger partial charge in [0.1, 0.15) is 0 Å². The molecule has 21 heavy (non-hydrogen) atoms. The van der Waals surface area contributed by atoms with Crippen molar-refractivity contribution in [2.24, 2.45) is 0 Å². The van der Waals surface area contributed by atoms with Gasteiger partial charge in [-0.05, 0) is 60.8 Å². The number of nitrogens with zero attached hydrogens (tertiary/aromatic N) is 1. The number of piperidine rings is 1. The molecule has 1 aliphatic rings. The Bertz CT molecular complexity index is 603. The molecule has 1 fully saturated rings. The zero-order valence-electron chi connectivity index (χ0n) is 12.6. The van der Waals surface area contributed by atoms with Gasteiger partial charge in [-0.15, -0.1) is 0 Å². The van der Waals surface area contributed by atoms with Crippen molar-refractivity contribution in [3.63, 3.8) is 0 Å². The molecule has 1 aliphatic heterocycles. The first kappa shape index (κ1) is 14.9. The van der Waals surface area contributed by atoms with E-state index in [9.17, 15) is 0 Å². The molecule has 3 heteroatoms. The fourth-order valence-electron chi connectivity index (χ4n) is 3.09. The van der Waals surface area contributed by atoms with E-state index in [4.69, 9.17) is 0 Å². The summed E-state index contributed by atoms with van der Waals surface area (Å²) in [5.41, 5.74) is 1.36. The van der Waals surface area contributed by atoms with E-state index in [0.717, 1.165) is 24.1 Å². The van der Waals surface area contributed by atoms with Crippen molar-refractivity contribution >= 4 is 32.4 Å². The van der Waals surface area contributed by atoms with E-state index < -0.39 is 0 Å². The van der Waals surface area contributed by atoms with Gasteiger partial charge in [-0.25, -0.2) is 0 Å². The molecule has 0 aromatic heterocycles. The molecule has 0 unspecified atom stereocenters. The van der Waals surface area contributed by atoms with E-state index in [1.807, 2.05) is 0 Å². The summed E-state index contributed by atoms with van der Waals surface area (Å²) in [6, 6.07) is 14.0. The summed E-state index contributed by atoms with van der Waals surface area (Å²) in [5.74, 6) is 0. The minimum absolute atomic E-state index is 0.706. The molecule has 1 heterocycles. The third kappa shape index (κ3) is 3.58. The summed E-state index contributed by atoms with van der Waals surface area (Å²) in [5, 5.41) is 6.27. The highest BCUT2D eigenvalue weighted by atomic mass is 79.9. The van der Waals surface area contributed by atoms with Crippen LogP contribution in [0.15, 0.2) is 40.9 Å². The standard InChI is InChI=1S/C18H23BrN2/c1-2-9-20-17-7-10-21(11-8-17)18-6-4-14-12-16(19)5-3-15(14)13-18/h3-6,12-13,17,20H,2,7-11H2,1H3. The Kier molecular flexibility index (Phi) is 4.81. The van der Waals surface area contributed by atoms with Gasteiger partial charge >= 0.3 is 0 Å². The predicted molar refractivity (Wildman–Crippen MR) is 95.2 cm³/mol. The predicted octanol–water partition coefficient (Wildman–Crippen LogP) is 4.57. The minimum atomic E-state index is 0.706. The van der Waals surface area contributed by atoms with Crippen molar-refractivity contribution in [3.05, 3.63) is 40.9 Å². The minimum Gasteiger partial charge on any atom is -0.371 e. The third-order valence-electron chi connectivity index (χ3n) is 4.33. The SMILES string of the molecule is CCCNC1CCN(c2ccc3cc(Br)ccc3c2)CC1. The molecular weight excluding hydrogens is 324 g/mol. The van der Waals surface area contributed by atoms with Gasteiger partial charge in [-0.3, -0.25) is 0 Å². The number of rotatable bonds is 4. The number of hydrogen-bond donors (Lipinski definition) is 1. The third-order valence-corrected chi connectivity index (χ3v) is 4.82. The lowest BCUT2D eigenvalue weighted by Gasteiger charge is -2.34. The molecule has 0 bridgehead atoms. The summed E-state index contributed by atoms with van der Waals surface area (Å²) in [6.07, 6.45) is 3.72. The Hall–Kier alpha value is -1.06. The number of anilines is 1. The van der Waals surface area contributed by atoms with Crippen molar-refractivity contribution in [2.45, 2.75) is 32.2 Å². The van der Waals surface area contributed by atoms with Crippen LogP contribution in [0.3, 0.4) is 0 Å². The van der Waals surface area contributed by atoms with Gasteiger partial charge in [0, 0.05) is 29.3 Å². The number of fused-ring (bicyclic) bond motifs is 1. The van der Waals surface area contributed by atoms with Gasteiger partial charge in [0.15, 0.2) is 0 Å². The van der Waals surface area contributed by atoms with Crippen molar-refractivity contribution in [1.29, 1.82) is 0 Å². The van der Waals surface area contributed by atoms with E-state index in [0.29, 0.717) is 6.04 Å².